The molecule has 0 bridgehead atoms. The number of carboxylic acid groups (broad SMARTS) is 1. The lowest BCUT2D eigenvalue weighted by Gasteiger charge is -2.06. The van der Waals surface area contributed by atoms with E-state index in [-0.39, 0.29) is 5.56 Å². The second-order valence-electron chi connectivity index (χ2n) is 4.14. The summed E-state index contributed by atoms with van der Waals surface area (Å²) >= 11 is 1.65. The highest BCUT2D eigenvalue weighted by molar-refractivity contribution is 7.98. The summed E-state index contributed by atoms with van der Waals surface area (Å²) in [6, 6.07) is 8.11. The van der Waals surface area contributed by atoms with Gasteiger partial charge in [0.05, 0.1) is 17.0 Å². The first-order valence-electron chi connectivity index (χ1n) is 5.82. The summed E-state index contributed by atoms with van der Waals surface area (Å²) < 4.78 is 0. The molecule has 0 aliphatic carbocycles. The van der Waals surface area contributed by atoms with Crippen molar-refractivity contribution in [2.24, 2.45) is 0 Å². The first-order valence-corrected chi connectivity index (χ1v) is 6.80. The van der Waals surface area contributed by atoms with Crippen LogP contribution in [0.25, 0.3) is 0 Å². The number of hydrogen-bond acceptors (Lipinski definition) is 4. The lowest BCUT2D eigenvalue weighted by Crippen LogP contribution is -2.05. The van der Waals surface area contributed by atoms with Crippen LogP contribution < -0.4 is 0 Å². The molecule has 0 spiro atoms. The molecule has 2 rings (SSSR count). The zero-order valence-corrected chi connectivity index (χ0v) is 11.6. The second kappa shape index (κ2) is 5.84. The molecule has 2 aromatic rings. The van der Waals surface area contributed by atoms with E-state index in [2.05, 4.69) is 29.0 Å². The Balaban J connectivity index is 2.11. The van der Waals surface area contributed by atoms with Gasteiger partial charge in [-0.2, -0.15) is 0 Å². The van der Waals surface area contributed by atoms with Crippen molar-refractivity contribution < 1.29 is 9.90 Å². The van der Waals surface area contributed by atoms with Crippen molar-refractivity contribution in [3.63, 3.8) is 0 Å². The minimum absolute atomic E-state index is 0.157. The predicted molar refractivity (Wildman–Crippen MR) is 74.5 cm³/mol. The average molecular weight is 274 g/mol. The molecular weight excluding hydrogens is 260 g/mol. The van der Waals surface area contributed by atoms with Gasteiger partial charge < -0.3 is 5.11 Å². The number of aromatic nitrogens is 2. The summed E-state index contributed by atoms with van der Waals surface area (Å²) in [5, 5.41) is 8.92. The van der Waals surface area contributed by atoms with Gasteiger partial charge in [-0.05, 0) is 25.5 Å². The van der Waals surface area contributed by atoms with Gasteiger partial charge >= 0.3 is 5.97 Å². The molecular formula is C14H14N2O2S. The van der Waals surface area contributed by atoms with Crippen molar-refractivity contribution in [3.8, 4) is 0 Å². The van der Waals surface area contributed by atoms with E-state index in [4.69, 9.17) is 5.11 Å². The Hall–Kier alpha value is -1.88. The van der Waals surface area contributed by atoms with Crippen LogP contribution in [0.1, 0.15) is 27.4 Å². The molecule has 0 aliphatic rings. The van der Waals surface area contributed by atoms with Crippen molar-refractivity contribution >= 4 is 17.7 Å². The SMILES string of the molecule is Cc1ccccc1SCc1ncc(C(=O)O)c(C)n1. The van der Waals surface area contributed by atoms with Crippen LogP contribution in [0.4, 0.5) is 0 Å². The van der Waals surface area contributed by atoms with Crippen molar-refractivity contribution in [1.82, 2.24) is 9.97 Å². The number of thioether (sulfide) groups is 1. The van der Waals surface area contributed by atoms with E-state index in [1.807, 2.05) is 12.1 Å². The summed E-state index contributed by atoms with van der Waals surface area (Å²) in [7, 11) is 0. The lowest BCUT2D eigenvalue weighted by atomic mass is 10.2. The molecule has 1 N–H and O–H groups in total. The van der Waals surface area contributed by atoms with Crippen LogP contribution in [0.5, 0.6) is 0 Å². The van der Waals surface area contributed by atoms with Crippen LogP contribution in [-0.2, 0) is 5.75 Å². The van der Waals surface area contributed by atoms with Gasteiger partial charge in [0.25, 0.3) is 0 Å². The van der Waals surface area contributed by atoms with Gasteiger partial charge in [0.2, 0.25) is 0 Å². The van der Waals surface area contributed by atoms with E-state index in [1.165, 1.54) is 16.7 Å². The van der Waals surface area contributed by atoms with Gasteiger partial charge in [0.1, 0.15) is 5.82 Å². The minimum Gasteiger partial charge on any atom is -0.478 e. The Kier molecular flexibility index (Phi) is 4.16. The summed E-state index contributed by atoms with van der Waals surface area (Å²) in [6.07, 6.45) is 1.37. The third-order valence-electron chi connectivity index (χ3n) is 2.71. The van der Waals surface area contributed by atoms with Crippen LogP contribution in [0.15, 0.2) is 35.4 Å². The largest absolute Gasteiger partial charge is 0.478 e. The molecule has 0 amide bonds. The Bertz CT molecular complexity index is 614. The van der Waals surface area contributed by atoms with Crippen LogP contribution in [-0.4, -0.2) is 21.0 Å². The number of carbonyl (C=O) groups is 1. The molecule has 0 aliphatic heterocycles. The number of nitrogens with zero attached hydrogens (tertiary/aromatic N) is 2. The zero-order chi connectivity index (χ0) is 13.8. The fraction of sp³-hybridized carbons (Fsp3) is 0.214. The zero-order valence-electron chi connectivity index (χ0n) is 10.8. The molecule has 0 saturated heterocycles. The number of aryl methyl sites for hydroxylation is 2. The molecule has 0 atom stereocenters. The molecule has 4 nitrogen and oxygen atoms in total. The van der Waals surface area contributed by atoms with Crippen molar-refractivity contribution in [3.05, 3.63) is 53.1 Å². The molecule has 0 radical (unpaired) electrons. The lowest BCUT2D eigenvalue weighted by molar-refractivity contribution is 0.0695. The third-order valence-corrected chi connectivity index (χ3v) is 3.88. The fourth-order valence-corrected chi connectivity index (χ4v) is 2.55. The quantitative estimate of drug-likeness (QED) is 0.868. The van der Waals surface area contributed by atoms with Crippen LogP contribution >= 0.6 is 11.8 Å². The van der Waals surface area contributed by atoms with Crippen LogP contribution in [0, 0.1) is 13.8 Å². The number of aromatic carboxylic acids is 1. The number of benzene rings is 1. The summed E-state index contributed by atoms with van der Waals surface area (Å²) in [4.78, 5) is 20.4. The summed E-state index contributed by atoms with van der Waals surface area (Å²) in [5.41, 5.74) is 1.87. The molecule has 0 saturated carbocycles. The molecule has 19 heavy (non-hydrogen) atoms. The topological polar surface area (TPSA) is 63.1 Å². The van der Waals surface area contributed by atoms with Gasteiger partial charge in [0, 0.05) is 11.1 Å². The predicted octanol–water partition coefficient (Wildman–Crippen LogP) is 3.08. The summed E-state index contributed by atoms with van der Waals surface area (Å²) in [5.74, 6) is 0.289. The Morgan fingerprint density at radius 2 is 2.05 bits per heavy atom. The maximum absolute atomic E-state index is 10.9. The van der Waals surface area contributed by atoms with Crippen molar-refractivity contribution in [2.45, 2.75) is 24.5 Å². The number of rotatable bonds is 4. The van der Waals surface area contributed by atoms with E-state index in [0.29, 0.717) is 17.3 Å². The van der Waals surface area contributed by atoms with E-state index < -0.39 is 5.97 Å². The number of carboxylic acids is 1. The van der Waals surface area contributed by atoms with Gasteiger partial charge in [-0.1, -0.05) is 18.2 Å². The highest BCUT2D eigenvalue weighted by Gasteiger charge is 2.10. The Morgan fingerprint density at radius 3 is 2.68 bits per heavy atom. The van der Waals surface area contributed by atoms with Gasteiger partial charge in [-0.3, -0.25) is 0 Å². The molecule has 98 valence electrons. The first-order chi connectivity index (χ1) is 9.08. The van der Waals surface area contributed by atoms with E-state index >= 15 is 0 Å². The van der Waals surface area contributed by atoms with Crippen LogP contribution in [0.3, 0.4) is 0 Å². The normalized spacial score (nSPS) is 10.4. The Morgan fingerprint density at radius 1 is 1.32 bits per heavy atom. The smallest absolute Gasteiger partial charge is 0.339 e. The van der Waals surface area contributed by atoms with Gasteiger partial charge in [0.15, 0.2) is 0 Å². The van der Waals surface area contributed by atoms with Gasteiger partial charge in [-0.15, -0.1) is 11.8 Å². The molecule has 1 heterocycles. The van der Waals surface area contributed by atoms with Gasteiger partial charge in [-0.25, -0.2) is 14.8 Å². The van der Waals surface area contributed by atoms with Crippen molar-refractivity contribution in [1.29, 1.82) is 0 Å². The Labute approximate surface area is 115 Å². The molecule has 5 heteroatoms. The highest BCUT2D eigenvalue weighted by Crippen LogP contribution is 2.24. The van der Waals surface area contributed by atoms with Crippen LogP contribution in [0.2, 0.25) is 0 Å². The first kappa shape index (κ1) is 13.5. The van der Waals surface area contributed by atoms with E-state index in [1.54, 1.807) is 18.7 Å². The highest BCUT2D eigenvalue weighted by atomic mass is 32.2. The number of hydrogen-bond donors (Lipinski definition) is 1. The third kappa shape index (κ3) is 3.32. The summed E-state index contributed by atoms with van der Waals surface area (Å²) in [6.45, 7) is 3.75. The minimum atomic E-state index is -0.990. The maximum atomic E-state index is 10.9. The average Bonchev–Trinajstić information content (AvgIpc) is 2.37. The second-order valence-corrected chi connectivity index (χ2v) is 5.16. The standard InChI is InChI=1S/C14H14N2O2S/c1-9-5-3-4-6-12(9)19-8-13-15-7-11(14(17)18)10(2)16-13/h3-7H,8H2,1-2H3,(H,17,18). The van der Waals surface area contributed by atoms with Crippen molar-refractivity contribution in [2.75, 3.05) is 0 Å². The van der Waals surface area contributed by atoms with E-state index in [9.17, 15) is 4.79 Å². The molecule has 1 aromatic heterocycles. The monoisotopic (exact) mass is 274 g/mol. The van der Waals surface area contributed by atoms with E-state index in [0.717, 1.165) is 0 Å². The molecule has 0 unspecified atom stereocenters. The molecule has 0 fully saturated rings. The fourth-order valence-electron chi connectivity index (χ4n) is 1.66. The molecule has 1 aromatic carbocycles. The maximum Gasteiger partial charge on any atom is 0.339 e.